The lowest BCUT2D eigenvalue weighted by atomic mass is 10.2. The number of rotatable bonds is 1. The molecule has 0 amide bonds. The maximum absolute atomic E-state index is 13.1. The van der Waals surface area contributed by atoms with E-state index in [2.05, 4.69) is 26.1 Å². The first kappa shape index (κ1) is 14.5. The number of fused-ring (bicyclic) bond motifs is 3. The summed E-state index contributed by atoms with van der Waals surface area (Å²) in [5.41, 5.74) is 0.912. The molecule has 10 heteroatoms. The second-order valence-electron chi connectivity index (χ2n) is 4.56. The summed E-state index contributed by atoms with van der Waals surface area (Å²) in [5.74, 6) is -0.997. The third kappa shape index (κ3) is 2.16. The maximum Gasteiger partial charge on any atom is 0.453 e. The third-order valence-electron chi connectivity index (χ3n) is 3.18. The van der Waals surface area contributed by atoms with Gasteiger partial charge in [-0.3, -0.25) is 5.01 Å². The predicted molar refractivity (Wildman–Crippen MR) is 81.7 cm³/mol. The molecule has 0 radical (unpaired) electrons. The van der Waals surface area contributed by atoms with Crippen molar-refractivity contribution in [2.45, 2.75) is 16.7 Å². The molecular formula is C12H6BrF3N4S2. The van der Waals surface area contributed by atoms with E-state index < -0.39 is 12.0 Å². The second kappa shape index (κ2) is 4.93. The quantitative estimate of drug-likeness (QED) is 0.703. The van der Waals surface area contributed by atoms with Gasteiger partial charge < -0.3 is 0 Å². The highest BCUT2D eigenvalue weighted by Gasteiger charge is 2.46. The summed E-state index contributed by atoms with van der Waals surface area (Å²) in [7, 11) is 0. The number of alkyl halides is 3. The van der Waals surface area contributed by atoms with Gasteiger partial charge in [0.25, 0.3) is 5.82 Å². The first-order valence-corrected chi connectivity index (χ1v) is 8.61. The lowest BCUT2D eigenvalue weighted by Gasteiger charge is -2.26. The SMILES string of the molecule is FC(F)(F)c1nnc2n1N1C(=CSC1c1ccc(Br)cc1)S2. The second-order valence-corrected chi connectivity index (χ2v) is 7.42. The third-order valence-corrected chi connectivity index (χ3v) is 5.90. The highest BCUT2D eigenvalue weighted by Crippen LogP contribution is 2.52. The van der Waals surface area contributed by atoms with Crippen molar-refractivity contribution in [1.82, 2.24) is 14.9 Å². The Kier molecular flexibility index (Phi) is 3.24. The molecule has 0 bridgehead atoms. The number of aromatic nitrogens is 3. The zero-order chi connectivity index (χ0) is 15.5. The van der Waals surface area contributed by atoms with E-state index in [1.165, 1.54) is 23.5 Å². The highest BCUT2D eigenvalue weighted by molar-refractivity contribution is 9.10. The first-order chi connectivity index (χ1) is 10.4. The normalized spacial score (nSPS) is 20.1. The van der Waals surface area contributed by atoms with E-state index in [-0.39, 0.29) is 10.5 Å². The van der Waals surface area contributed by atoms with Crippen molar-refractivity contribution in [3.8, 4) is 0 Å². The fraction of sp³-hybridized carbons (Fsp3) is 0.167. The van der Waals surface area contributed by atoms with Crippen molar-refractivity contribution < 1.29 is 13.2 Å². The van der Waals surface area contributed by atoms with E-state index in [0.29, 0.717) is 0 Å². The van der Waals surface area contributed by atoms with E-state index in [0.717, 1.165) is 19.7 Å². The van der Waals surface area contributed by atoms with Gasteiger partial charge in [-0.25, -0.2) is 4.68 Å². The van der Waals surface area contributed by atoms with Crippen molar-refractivity contribution in [3.05, 3.63) is 50.6 Å². The summed E-state index contributed by atoms with van der Waals surface area (Å²) < 4.78 is 41.4. The van der Waals surface area contributed by atoms with Crippen molar-refractivity contribution in [2.24, 2.45) is 0 Å². The Labute approximate surface area is 139 Å². The van der Waals surface area contributed by atoms with Crippen LogP contribution in [0.5, 0.6) is 0 Å². The van der Waals surface area contributed by atoms with E-state index in [1.54, 1.807) is 5.01 Å². The van der Waals surface area contributed by atoms with Gasteiger partial charge in [-0.2, -0.15) is 13.2 Å². The average Bonchev–Trinajstić information content (AvgIpc) is 3.08. The summed E-state index contributed by atoms with van der Waals surface area (Å²) in [4.78, 5) is 0. The Morgan fingerprint density at radius 2 is 1.86 bits per heavy atom. The van der Waals surface area contributed by atoms with E-state index in [4.69, 9.17) is 0 Å². The van der Waals surface area contributed by atoms with Crippen molar-refractivity contribution in [1.29, 1.82) is 0 Å². The molecule has 2 aliphatic heterocycles. The molecule has 4 rings (SSSR count). The number of hydrogen-bond donors (Lipinski definition) is 0. The maximum atomic E-state index is 13.1. The molecule has 0 spiro atoms. The van der Waals surface area contributed by atoms with E-state index in [1.807, 2.05) is 29.7 Å². The van der Waals surface area contributed by atoms with Crippen LogP contribution < -0.4 is 5.01 Å². The Morgan fingerprint density at radius 3 is 2.55 bits per heavy atom. The smallest absolute Gasteiger partial charge is 0.252 e. The topological polar surface area (TPSA) is 34.0 Å². The van der Waals surface area contributed by atoms with Gasteiger partial charge in [0, 0.05) is 9.88 Å². The standard InChI is InChI=1S/C12H6BrF3N4S2/c13-7-3-1-6(2-4-7)9-19-8(5-21-9)22-11-18-17-10(20(11)19)12(14,15)16/h1-5,9H. The Bertz CT molecular complexity index is 772. The Hall–Kier alpha value is -1.13. The van der Waals surface area contributed by atoms with Crippen LogP contribution in [0.1, 0.15) is 16.8 Å². The highest BCUT2D eigenvalue weighted by atomic mass is 79.9. The Balaban J connectivity index is 1.79. The van der Waals surface area contributed by atoms with Crippen molar-refractivity contribution in [3.63, 3.8) is 0 Å². The summed E-state index contributed by atoms with van der Waals surface area (Å²) in [6, 6.07) is 7.52. The van der Waals surface area contributed by atoms with Crippen LogP contribution in [0.25, 0.3) is 0 Å². The largest absolute Gasteiger partial charge is 0.453 e. The molecule has 0 N–H and O–H groups in total. The fourth-order valence-electron chi connectivity index (χ4n) is 2.26. The molecule has 3 heterocycles. The summed E-state index contributed by atoms with van der Waals surface area (Å²) in [6.45, 7) is 0. The fourth-order valence-corrected chi connectivity index (χ4v) is 4.76. The molecule has 0 aliphatic carbocycles. The Morgan fingerprint density at radius 1 is 1.14 bits per heavy atom. The monoisotopic (exact) mass is 406 g/mol. The van der Waals surface area contributed by atoms with Gasteiger partial charge in [-0.15, -0.1) is 10.2 Å². The molecule has 4 nitrogen and oxygen atoms in total. The first-order valence-electron chi connectivity index (χ1n) is 6.06. The van der Waals surface area contributed by atoms with Crippen LogP contribution in [0.4, 0.5) is 13.2 Å². The molecular weight excluding hydrogens is 401 g/mol. The van der Waals surface area contributed by atoms with Crippen LogP contribution in [-0.4, -0.2) is 14.9 Å². The number of thioether (sulfide) groups is 2. The van der Waals surface area contributed by atoms with Gasteiger partial charge in [-0.05, 0) is 29.5 Å². The predicted octanol–water partition coefficient (Wildman–Crippen LogP) is 4.35. The molecule has 0 saturated carbocycles. The molecule has 114 valence electrons. The lowest BCUT2D eigenvalue weighted by Crippen LogP contribution is -2.33. The lowest BCUT2D eigenvalue weighted by molar-refractivity contribution is -0.147. The molecule has 1 unspecified atom stereocenters. The number of nitrogens with zero attached hydrogens (tertiary/aromatic N) is 4. The van der Waals surface area contributed by atoms with Crippen LogP contribution in [-0.2, 0) is 6.18 Å². The molecule has 0 saturated heterocycles. The minimum atomic E-state index is -4.54. The molecule has 1 aromatic carbocycles. The zero-order valence-electron chi connectivity index (χ0n) is 10.6. The minimum Gasteiger partial charge on any atom is -0.252 e. The van der Waals surface area contributed by atoms with Crippen LogP contribution in [0.2, 0.25) is 0 Å². The molecule has 0 fully saturated rings. The van der Waals surface area contributed by atoms with Crippen molar-refractivity contribution >= 4 is 39.5 Å². The molecule has 2 aromatic rings. The molecule has 22 heavy (non-hydrogen) atoms. The van der Waals surface area contributed by atoms with Crippen LogP contribution >= 0.6 is 39.5 Å². The molecule has 2 aliphatic rings. The van der Waals surface area contributed by atoms with Gasteiger partial charge in [-0.1, -0.05) is 39.8 Å². The van der Waals surface area contributed by atoms with Crippen molar-refractivity contribution in [2.75, 3.05) is 5.01 Å². The molecule has 1 atom stereocenters. The number of halogens is 4. The van der Waals surface area contributed by atoms with Crippen LogP contribution in [0.15, 0.2) is 44.3 Å². The summed E-state index contributed by atoms with van der Waals surface area (Å²) >= 11 is 6.01. The van der Waals surface area contributed by atoms with Gasteiger partial charge in [0.1, 0.15) is 10.4 Å². The molecule has 1 aromatic heterocycles. The van der Waals surface area contributed by atoms with Gasteiger partial charge >= 0.3 is 6.18 Å². The van der Waals surface area contributed by atoms with Gasteiger partial charge in [0.05, 0.1) is 0 Å². The number of benzene rings is 1. The van der Waals surface area contributed by atoms with E-state index in [9.17, 15) is 13.2 Å². The van der Waals surface area contributed by atoms with Crippen LogP contribution in [0, 0.1) is 0 Å². The van der Waals surface area contributed by atoms with E-state index >= 15 is 0 Å². The minimum absolute atomic E-state index is 0.237. The average molecular weight is 407 g/mol. The zero-order valence-corrected chi connectivity index (χ0v) is 13.8. The van der Waals surface area contributed by atoms with Gasteiger partial charge in [0.15, 0.2) is 0 Å². The number of hydrogen-bond acceptors (Lipinski definition) is 5. The van der Waals surface area contributed by atoms with Gasteiger partial charge in [0.2, 0.25) is 5.16 Å². The summed E-state index contributed by atoms with van der Waals surface area (Å²) in [6.07, 6.45) is -4.54. The summed E-state index contributed by atoms with van der Waals surface area (Å²) in [5, 5.41) is 11.1. The van der Waals surface area contributed by atoms with Crippen LogP contribution in [0.3, 0.4) is 0 Å².